The quantitative estimate of drug-likeness (QED) is 0.0406. The monoisotopic (exact) mass is 1360 g/mol. The van der Waals surface area contributed by atoms with Crippen molar-refractivity contribution in [2.24, 2.45) is 11.8 Å². The van der Waals surface area contributed by atoms with Gasteiger partial charge in [0.05, 0.1) is 50.2 Å². The third kappa shape index (κ3) is 24.0. The number of benzene rings is 2. The Morgan fingerprint density at radius 3 is 1.75 bits per heavy atom. The van der Waals surface area contributed by atoms with Crippen molar-refractivity contribution in [1.82, 2.24) is 0 Å². The van der Waals surface area contributed by atoms with Crippen molar-refractivity contribution in [3.8, 4) is 11.5 Å². The summed E-state index contributed by atoms with van der Waals surface area (Å²) in [7, 11) is -21.7. The first-order valence-corrected chi connectivity index (χ1v) is 29.5. The number of aliphatic hydroxyl groups is 2. The minimum Gasteiger partial charge on any atom is -0.436 e. The van der Waals surface area contributed by atoms with Crippen LogP contribution in [-0.4, -0.2) is 113 Å². The van der Waals surface area contributed by atoms with Crippen LogP contribution in [0.4, 0.5) is 18.9 Å². The van der Waals surface area contributed by atoms with Gasteiger partial charge in [-0.05, 0) is 51.1 Å². The zero-order valence-electron chi connectivity index (χ0n) is 41.6. The van der Waals surface area contributed by atoms with E-state index in [-0.39, 0.29) is 237 Å². The number of aliphatic hydroxyl groups excluding tert-OH is 2. The number of nitro groups is 1. The summed E-state index contributed by atoms with van der Waals surface area (Å²) in [5, 5.41) is 22.5. The predicted molar refractivity (Wildman–Crippen MR) is 245 cm³/mol. The minimum absolute atomic E-state index is 0. The zero-order valence-corrected chi connectivity index (χ0v) is 61.6. The first-order valence-electron chi connectivity index (χ1n) is 20.3. The molecule has 40 heteroatoms. The number of phosphoric acid groups is 4. The van der Waals surface area contributed by atoms with Crippen LogP contribution in [0.1, 0.15) is 51.3 Å². The first-order chi connectivity index (χ1) is 32.4. The fraction of sp³-hybridized carbons (Fsp3) is 0.657. The molecule has 3 fully saturated rings. The molecule has 16 atom stereocenters. The molecule has 0 bridgehead atoms. The standard InChI is InChI=1S/C14H16ClFNO7P.C8H8ClO2P.C7H12ClFO2.C6H13ClFO12P3.4K/c1-8-13(23-9(2)14(8,15)16)7-22-25(20)21-6-10-5-11(17(18)19)3-4-12(10)24-25;1-6-2-3-8-7(4-6)5-10-12(9)11-8;1-4-6(3-10)11-5(2)7(4,8)9;1-3-6(7,8)5(9)4(18-3)2-17-22(13,14)20-23(15,16)19-21(10,11)12;;;;/h3-5,8-9,13H,6-7H2,1-2H3;2-4H,5H2,1H3;4-6,10H,3H2,1-2H3;3-5,9H,2H2,1H3,(H,13,14)(H,15,16)(H2,10,11,12);;;;/q;;;;4*+1/t8-,9+,13-,14-,25?;;4-,5+,6-,7-;3-,4+,5+,6-;;;;/m1.10..../s1. The van der Waals surface area contributed by atoms with Crippen LogP contribution in [0.5, 0.6) is 11.5 Å². The molecule has 5 aliphatic heterocycles. The van der Waals surface area contributed by atoms with Crippen molar-refractivity contribution >= 4 is 90.7 Å². The third-order valence-corrected chi connectivity index (χ3v) is 18.9. The van der Waals surface area contributed by atoms with Gasteiger partial charge in [0.1, 0.15) is 42.0 Å². The number of nitrogens with zero attached hydrogens (tertiary/aromatic N) is 1. The molecule has 3 saturated heterocycles. The van der Waals surface area contributed by atoms with E-state index < -0.39 is 120 Å². The summed E-state index contributed by atoms with van der Waals surface area (Å²) in [5.41, 5.74) is 2.54. The van der Waals surface area contributed by atoms with Crippen LogP contribution < -0.4 is 215 Å². The molecule has 2 aromatic carbocycles. The number of rotatable bonds is 12. The molecule has 24 nitrogen and oxygen atoms in total. The van der Waals surface area contributed by atoms with E-state index in [4.69, 9.17) is 103 Å². The predicted octanol–water partition coefficient (Wildman–Crippen LogP) is -2.97. The van der Waals surface area contributed by atoms with Crippen molar-refractivity contribution in [2.75, 3.05) is 19.8 Å². The van der Waals surface area contributed by atoms with Crippen molar-refractivity contribution in [3.05, 3.63) is 63.2 Å². The normalized spacial score (nSPS) is 34.9. The van der Waals surface area contributed by atoms with Crippen molar-refractivity contribution in [1.29, 1.82) is 0 Å². The minimum atomic E-state index is -5.65. The molecule has 0 spiro atoms. The molecule has 75 heavy (non-hydrogen) atoms. The molecule has 2 aromatic rings. The van der Waals surface area contributed by atoms with E-state index >= 15 is 0 Å². The molecule has 5 aliphatic rings. The van der Waals surface area contributed by atoms with Crippen LogP contribution in [0.3, 0.4) is 0 Å². The Hall–Kier alpha value is 5.69. The molecule has 0 aromatic heterocycles. The Kier molecular flexibility index (Phi) is 36.4. The van der Waals surface area contributed by atoms with Crippen molar-refractivity contribution in [3.63, 3.8) is 0 Å². The molecular weight excluding hydrogens is 1310 g/mol. The Morgan fingerprint density at radius 1 is 0.773 bits per heavy atom. The average molecular weight is 1360 g/mol. The van der Waals surface area contributed by atoms with Crippen LogP contribution in [0, 0.1) is 28.9 Å². The van der Waals surface area contributed by atoms with E-state index in [0.29, 0.717) is 12.2 Å². The topological polar surface area (TPSA) is 334 Å². The summed E-state index contributed by atoms with van der Waals surface area (Å²) >= 11 is 22.4. The molecule has 0 amide bonds. The Labute approximate surface area is 620 Å². The molecule has 7 rings (SSSR count). The number of non-ortho nitro benzene ring substituents is 1. The van der Waals surface area contributed by atoms with Gasteiger partial charge in [-0.1, -0.05) is 66.3 Å². The number of hydrogen-bond acceptors (Lipinski definition) is 19. The van der Waals surface area contributed by atoms with E-state index in [1.165, 1.54) is 37.6 Å². The van der Waals surface area contributed by atoms with Gasteiger partial charge < -0.3 is 57.6 Å². The van der Waals surface area contributed by atoms with Crippen LogP contribution in [0.25, 0.3) is 0 Å². The van der Waals surface area contributed by atoms with Gasteiger partial charge in [-0.15, -0.1) is 0 Å². The Balaban J connectivity index is 0.00000101. The third-order valence-electron chi connectivity index (χ3n) is 10.8. The molecule has 4 unspecified atom stereocenters. The molecular formula is C35H49Cl4F3K4NO23P5+4. The first kappa shape index (κ1) is 80.7. The number of halogens is 7. The number of aryl methyl sites for hydroxylation is 1. The maximum atomic E-state index is 14.2. The van der Waals surface area contributed by atoms with Gasteiger partial charge in [-0.25, -0.2) is 31.4 Å². The number of alkyl halides is 6. The second-order valence-electron chi connectivity index (χ2n) is 15.9. The van der Waals surface area contributed by atoms with E-state index in [2.05, 4.69) is 19.2 Å². The second kappa shape index (κ2) is 33.9. The smallest absolute Gasteiger partial charge is 0.436 e. The van der Waals surface area contributed by atoms with Crippen LogP contribution in [-0.2, 0) is 72.4 Å². The number of fused-ring (bicyclic) bond motifs is 2. The van der Waals surface area contributed by atoms with Gasteiger partial charge in [0.15, 0.2) is 0 Å². The number of phosphoric ester groups is 2. The number of hydrogen-bond donors (Lipinski definition) is 6. The molecule has 0 radical (unpaired) electrons. The van der Waals surface area contributed by atoms with E-state index in [1.54, 1.807) is 20.8 Å². The Morgan fingerprint density at radius 2 is 1.28 bits per heavy atom. The van der Waals surface area contributed by atoms with Crippen LogP contribution in [0.2, 0.25) is 0 Å². The van der Waals surface area contributed by atoms with Gasteiger partial charge in [-0.3, -0.25) is 23.7 Å². The van der Waals surface area contributed by atoms with Crippen molar-refractivity contribution < 1.29 is 322 Å². The van der Waals surface area contributed by atoms with E-state index in [1.807, 2.05) is 19.1 Å². The summed E-state index contributed by atoms with van der Waals surface area (Å²) in [6.45, 7) is 8.47. The summed E-state index contributed by atoms with van der Waals surface area (Å²) < 4.78 is 139. The van der Waals surface area contributed by atoms with Gasteiger partial charge in [0.25, 0.3) is 5.69 Å². The van der Waals surface area contributed by atoms with Crippen LogP contribution >= 0.6 is 85.1 Å². The van der Waals surface area contributed by atoms with Crippen LogP contribution in [0.15, 0.2) is 36.4 Å². The molecule has 0 aliphatic carbocycles. The van der Waals surface area contributed by atoms with Gasteiger partial charge >= 0.3 is 245 Å². The summed E-state index contributed by atoms with van der Waals surface area (Å²) in [6, 6.07) is 9.81. The van der Waals surface area contributed by atoms with Gasteiger partial charge in [-0.2, -0.15) is 8.62 Å². The number of nitro benzene ring substituents is 1. The Bertz CT molecular complexity index is 2400. The average Bonchev–Trinajstić information content (AvgIpc) is 3.68. The fourth-order valence-corrected chi connectivity index (χ4v) is 12.4. The fourth-order valence-electron chi connectivity index (χ4n) is 6.62. The SMILES string of the molecule is C[C@@H]1O[C@H](CO)[C@@H](C)[C@]1(F)Cl.C[C@@H]1O[C@H](COP(=O)(O)OP(=O)(O)OP(=O)(O)O)[C@@H](O)[C@]1(F)Cl.C[C@@H]1O[C@H](COP2(=O)OCc3cc([N+](=O)[O-])ccc3O2)[C@@H](C)[C@]1(F)Cl.Cc1ccc2c(c1)COP(Cl)O2.[K+].[K+].[K+].[K+]. The second-order valence-corrected chi connectivity index (χ2v) is 25.4. The molecule has 0 saturated carbocycles. The number of ether oxygens (including phenoxy) is 3. The molecule has 406 valence electrons. The zero-order chi connectivity index (χ0) is 53.9. The maximum absolute atomic E-state index is 14.2. The van der Waals surface area contributed by atoms with E-state index in [0.717, 1.165) is 11.3 Å². The van der Waals surface area contributed by atoms with Gasteiger partial charge in [0, 0.05) is 35.1 Å². The maximum Gasteiger partial charge on any atom is 1.00 e. The summed E-state index contributed by atoms with van der Waals surface area (Å²) in [6.07, 6.45) is -7.43. The molecule has 5 heterocycles. The van der Waals surface area contributed by atoms with Crippen molar-refractivity contribution in [2.45, 2.75) is 113 Å². The summed E-state index contributed by atoms with van der Waals surface area (Å²) in [5.74, 6) is -0.112. The van der Waals surface area contributed by atoms with E-state index in [9.17, 15) is 51.5 Å². The van der Waals surface area contributed by atoms with Gasteiger partial charge in [0.2, 0.25) is 15.4 Å². The largest absolute Gasteiger partial charge is 1.00 e. The molecule has 6 N–H and O–H groups in total. The summed E-state index contributed by atoms with van der Waals surface area (Å²) in [4.78, 5) is 44.9.